The van der Waals surface area contributed by atoms with Gasteiger partial charge in [-0.2, -0.15) is 0 Å². The number of hydrogen-bond acceptors (Lipinski definition) is 7. The van der Waals surface area contributed by atoms with E-state index in [0.29, 0.717) is 0 Å². The molecule has 0 bridgehead atoms. The van der Waals surface area contributed by atoms with Crippen molar-refractivity contribution in [3.8, 4) is 0 Å². The monoisotopic (exact) mass is 298 g/mol. The van der Waals surface area contributed by atoms with Gasteiger partial charge < -0.3 is 5.32 Å². The summed E-state index contributed by atoms with van der Waals surface area (Å²) >= 11 is 4.86. The Morgan fingerprint density at radius 1 is 1.33 bits per heavy atom. The van der Waals surface area contributed by atoms with E-state index in [1.54, 1.807) is 34.9 Å². The first-order valence-electron chi connectivity index (χ1n) is 5.57. The Morgan fingerprint density at radius 3 is 2.89 bits per heavy atom. The highest BCUT2D eigenvalue weighted by molar-refractivity contribution is 8.03. The Balaban J connectivity index is 2.04. The fourth-order valence-corrected chi connectivity index (χ4v) is 3.68. The van der Waals surface area contributed by atoms with Gasteiger partial charge in [0, 0.05) is 17.6 Å². The summed E-state index contributed by atoms with van der Waals surface area (Å²) in [6.07, 6.45) is 4.91. The van der Waals surface area contributed by atoms with Gasteiger partial charge in [0.2, 0.25) is 0 Å². The van der Waals surface area contributed by atoms with Crippen LogP contribution in [-0.4, -0.2) is 28.0 Å². The molecule has 0 aliphatic rings. The van der Waals surface area contributed by atoms with Gasteiger partial charge in [0.05, 0.1) is 0 Å². The normalized spacial score (nSPS) is 10.6. The van der Waals surface area contributed by atoms with Crippen molar-refractivity contribution in [1.29, 1.82) is 0 Å². The highest BCUT2D eigenvalue weighted by atomic mass is 32.2. The molecule has 0 aliphatic heterocycles. The summed E-state index contributed by atoms with van der Waals surface area (Å²) in [6.45, 7) is 3.08. The van der Waals surface area contributed by atoms with E-state index < -0.39 is 0 Å². The van der Waals surface area contributed by atoms with E-state index in [2.05, 4.69) is 27.4 Å². The molecule has 2 aromatic rings. The smallest absolute Gasteiger partial charge is 0.179 e. The highest BCUT2D eigenvalue weighted by Crippen LogP contribution is 2.33. The van der Waals surface area contributed by atoms with E-state index in [9.17, 15) is 0 Å². The van der Waals surface area contributed by atoms with Gasteiger partial charge in [0.1, 0.15) is 5.82 Å². The molecule has 0 unspecified atom stereocenters. The number of nitrogens with zero attached hydrogens (tertiary/aromatic N) is 3. The molecule has 2 heterocycles. The SMILES string of the molecule is CCCNc1cc(Sc2nnc(SC)s2)ccn1. The third-order valence-electron chi connectivity index (χ3n) is 2.06. The van der Waals surface area contributed by atoms with E-state index in [-0.39, 0.29) is 0 Å². The zero-order valence-corrected chi connectivity index (χ0v) is 12.7. The Kier molecular flexibility index (Phi) is 5.27. The first-order chi connectivity index (χ1) is 8.81. The van der Waals surface area contributed by atoms with Crippen LogP contribution in [0, 0.1) is 0 Å². The van der Waals surface area contributed by atoms with Gasteiger partial charge in [-0.15, -0.1) is 10.2 Å². The maximum atomic E-state index is 4.28. The molecule has 0 saturated heterocycles. The second kappa shape index (κ2) is 6.96. The lowest BCUT2D eigenvalue weighted by Crippen LogP contribution is -2.01. The van der Waals surface area contributed by atoms with Crippen molar-refractivity contribution >= 4 is 40.7 Å². The summed E-state index contributed by atoms with van der Waals surface area (Å²) in [4.78, 5) is 5.41. The molecule has 0 aliphatic carbocycles. The predicted octanol–water partition coefficient (Wildman–Crippen LogP) is 3.63. The van der Waals surface area contributed by atoms with E-state index in [4.69, 9.17) is 0 Å². The van der Waals surface area contributed by atoms with Crippen molar-refractivity contribution in [2.75, 3.05) is 18.1 Å². The Morgan fingerprint density at radius 2 is 2.17 bits per heavy atom. The van der Waals surface area contributed by atoms with E-state index in [1.165, 1.54) is 0 Å². The van der Waals surface area contributed by atoms with Crippen molar-refractivity contribution in [1.82, 2.24) is 15.2 Å². The third kappa shape index (κ3) is 3.86. The van der Waals surface area contributed by atoms with Gasteiger partial charge in [-0.1, -0.05) is 41.8 Å². The maximum absolute atomic E-state index is 4.28. The van der Waals surface area contributed by atoms with Crippen LogP contribution in [0.5, 0.6) is 0 Å². The Bertz CT molecular complexity index is 501. The van der Waals surface area contributed by atoms with Crippen LogP contribution >= 0.6 is 34.9 Å². The zero-order valence-electron chi connectivity index (χ0n) is 10.2. The van der Waals surface area contributed by atoms with Crippen molar-refractivity contribution < 1.29 is 0 Å². The average Bonchev–Trinajstić information content (AvgIpc) is 2.84. The Labute approximate surface area is 119 Å². The molecule has 0 atom stereocenters. The summed E-state index contributed by atoms with van der Waals surface area (Å²) in [6, 6.07) is 4.03. The number of nitrogens with one attached hydrogen (secondary N) is 1. The second-order valence-electron chi connectivity index (χ2n) is 3.44. The van der Waals surface area contributed by atoms with Gasteiger partial charge in [-0.05, 0) is 24.8 Å². The van der Waals surface area contributed by atoms with Crippen molar-refractivity contribution in [2.24, 2.45) is 0 Å². The lowest BCUT2D eigenvalue weighted by atomic mass is 10.4. The minimum Gasteiger partial charge on any atom is -0.370 e. The van der Waals surface area contributed by atoms with Crippen LogP contribution in [0.2, 0.25) is 0 Å². The van der Waals surface area contributed by atoms with Crippen LogP contribution in [0.25, 0.3) is 0 Å². The molecule has 0 amide bonds. The summed E-state index contributed by atoms with van der Waals surface area (Å²) in [5.41, 5.74) is 0. The average molecular weight is 298 g/mol. The van der Waals surface area contributed by atoms with Crippen LogP contribution in [-0.2, 0) is 0 Å². The summed E-state index contributed by atoms with van der Waals surface area (Å²) in [5.74, 6) is 0.913. The standard InChI is InChI=1S/C11H14N4S3/c1-3-5-12-9-7-8(4-6-13-9)17-11-15-14-10(16-2)18-11/h4,6-7H,3,5H2,1-2H3,(H,12,13). The molecule has 2 aromatic heterocycles. The molecule has 0 aromatic carbocycles. The number of pyridine rings is 1. The molecule has 0 saturated carbocycles. The van der Waals surface area contributed by atoms with Gasteiger partial charge in [0.15, 0.2) is 8.68 Å². The largest absolute Gasteiger partial charge is 0.370 e. The number of rotatable bonds is 6. The molecule has 4 nitrogen and oxygen atoms in total. The van der Waals surface area contributed by atoms with Crippen molar-refractivity contribution in [2.45, 2.75) is 26.9 Å². The first-order valence-corrected chi connectivity index (χ1v) is 8.43. The lowest BCUT2D eigenvalue weighted by Gasteiger charge is -2.04. The van der Waals surface area contributed by atoms with E-state index >= 15 is 0 Å². The Hall–Kier alpha value is -0.790. The number of aromatic nitrogens is 3. The van der Waals surface area contributed by atoms with Gasteiger partial charge in [0.25, 0.3) is 0 Å². The minimum absolute atomic E-state index is 0.913. The van der Waals surface area contributed by atoms with Crippen LogP contribution in [0.3, 0.4) is 0 Å². The van der Waals surface area contributed by atoms with E-state index in [0.717, 1.165) is 32.4 Å². The predicted molar refractivity (Wildman–Crippen MR) is 78.8 cm³/mol. The fraction of sp³-hybridized carbons (Fsp3) is 0.364. The molecule has 0 radical (unpaired) electrons. The molecule has 96 valence electrons. The third-order valence-corrected chi connectivity index (χ3v) is 4.99. The van der Waals surface area contributed by atoms with Gasteiger partial charge in [-0.3, -0.25) is 0 Å². The minimum atomic E-state index is 0.913. The molecule has 2 rings (SSSR count). The fourth-order valence-electron chi connectivity index (χ4n) is 1.25. The maximum Gasteiger partial charge on any atom is 0.179 e. The number of anilines is 1. The zero-order chi connectivity index (χ0) is 12.8. The quantitative estimate of drug-likeness (QED) is 0.822. The molecule has 0 fully saturated rings. The molecular formula is C11H14N4S3. The summed E-state index contributed by atoms with van der Waals surface area (Å²) < 4.78 is 1.96. The lowest BCUT2D eigenvalue weighted by molar-refractivity contribution is 0.955. The molecule has 7 heteroatoms. The van der Waals surface area contributed by atoms with Gasteiger partial charge in [-0.25, -0.2) is 4.98 Å². The first kappa shape index (κ1) is 13.6. The summed E-state index contributed by atoms with van der Waals surface area (Å²) in [5, 5.41) is 11.5. The highest BCUT2D eigenvalue weighted by Gasteiger charge is 2.06. The van der Waals surface area contributed by atoms with Crippen LogP contribution < -0.4 is 5.32 Å². The number of hydrogen-bond donors (Lipinski definition) is 1. The molecule has 18 heavy (non-hydrogen) atoms. The van der Waals surface area contributed by atoms with Gasteiger partial charge >= 0.3 is 0 Å². The number of thioether (sulfide) groups is 1. The summed E-state index contributed by atoms with van der Waals surface area (Å²) in [7, 11) is 0. The van der Waals surface area contributed by atoms with E-state index in [1.807, 2.05) is 24.6 Å². The molecule has 0 spiro atoms. The van der Waals surface area contributed by atoms with Crippen LogP contribution in [0.1, 0.15) is 13.3 Å². The van der Waals surface area contributed by atoms with Crippen molar-refractivity contribution in [3.63, 3.8) is 0 Å². The topological polar surface area (TPSA) is 50.7 Å². The van der Waals surface area contributed by atoms with Crippen molar-refractivity contribution in [3.05, 3.63) is 18.3 Å². The second-order valence-corrected chi connectivity index (χ2v) is 6.80. The molecular weight excluding hydrogens is 284 g/mol. The van der Waals surface area contributed by atoms with Crippen LogP contribution in [0.4, 0.5) is 5.82 Å². The molecule has 1 N–H and O–H groups in total. The van der Waals surface area contributed by atoms with Crippen LogP contribution in [0.15, 0.2) is 31.9 Å².